The standard InChI is InChI=1S/C14H19NO4/c1-9-10(2)12(19-4)6-5-11(9)8-15(3)13(16)7-14(17)18/h5-6H,7-8H2,1-4H3,(H,17,18). The Balaban J connectivity index is 2.85. The second-order valence-corrected chi connectivity index (χ2v) is 4.50. The highest BCUT2D eigenvalue weighted by molar-refractivity contribution is 5.93. The first kappa shape index (κ1) is 15.0. The molecule has 0 aliphatic carbocycles. The lowest BCUT2D eigenvalue weighted by atomic mass is 10.0. The number of hydrogen-bond donors (Lipinski definition) is 1. The van der Waals surface area contributed by atoms with Gasteiger partial charge in [0.2, 0.25) is 5.91 Å². The molecule has 5 nitrogen and oxygen atoms in total. The second kappa shape index (κ2) is 6.22. The molecule has 0 spiro atoms. The van der Waals surface area contributed by atoms with Gasteiger partial charge in [-0.1, -0.05) is 6.07 Å². The number of methoxy groups -OCH3 is 1. The van der Waals surface area contributed by atoms with Crippen LogP contribution in [0.5, 0.6) is 5.75 Å². The molecule has 0 bridgehead atoms. The number of hydrogen-bond acceptors (Lipinski definition) is 3. The molecule has 0 aliphatic heterocycles. The Morgan fingerprint density at radius 3 is 2.42 bits per heavy atom. The number of carbonyl (C=O) groups excluding carboxylic acids is 1. The van der Waals surface area contributed by atoms with Crippen LogP contribution in [0.2, 0.25) is 0 Å². The first-order chi connectivity index (χ1) is 8.86. The third kappa shape index (κ3) is 3.71. The Morgan fingerprint density at radius 2 is 1.89 bits per heavy atom. The van der Waals surface area contributed by atoms with Crippen molar-refractivity contribution in [2.75, 3.05) is 14.2 Å². The van der Waals surface area contributed by atoms with Crippen LogP contribution in [-0.2, 0) is 16.1 Å². The van der Waals surface area contributed by atoms with E-state index in [1.54, 1.807) is 14.2 Å². The van der Waals surface area contributed by atoms with Crippen LogP contribution in [0.3, 0.4) is 0 Å². The van der Waals surface area contributed by atoms with Gasteiger partial charge in [-0.25, -0.2) is 0 Å². The topological polar surface area (TPSA) is 66.8 Å². The molecule has 0 heterocycles. The zero-order chi connectivity index (χ0) is 14.6. The minimum atomic E-state index is -1.11. The summed E-state index contributed by atoms with van der Waals surface area (Å²) in [6, 6.07) is 3.75. The number of carboxylic acids is 1. The predicted molar refractivity (Wildman–Crippen MR) is 71.2 cm³/mol. The largest absolute Gasteiger partial charge is 0.496 e. The van der Waals surface area contributed by atoms with Crippen molar-refractivity contribution >= 4 is 11.9 Å². The van der Waals surface area contributed by atoms with Crippen LogP contribution in [0.1, 0.15) is 23.1 Å². The molecule has 0 atom stereocenters. The predicted octanol–water partition coefficient (Wildman–Crippen LogP) is 1.75. The van der Waals surface area contributed by atoms with Crippen molar-refractivity contribution in [3.63, 3.8) is 0 Å². The first-order valence-corrected chi connectivity index (χ1v) is 5.95. The van der Waals surface area contributed by atoms with E-state index in [1.165, 1.54) is 4.90 Å². The average Bonchev–Trinajstić information content (AvgIpc) is 2.34. The fraction of sp³-hybridized carbons (Fsp3) is 0.429. The maximum absolute atomic E-state index is 11.6. The van der Waals surface area contributed by atoms with Gasteiger partial charge in [0.25, 0.3) is 0 Å². The number of ether oxygens (including phenoxy) is 1. The highest BCUT2D eigenvalue weighted by Gasteiger charge is 2.15. The Morgan fingerprint density at radius 1 is 1.26 bits per heavy atom. The van der Waals surface area contributed by atoms with Crippen molar-refractivity contribution in [1.29, 1.82) is 0 Å². The molecule has 1 N–H and O–H groups in total. The molecule has 0 radical (unpaired) electrons. The summed E-state index contributed by atoms with van der Waals surface area (Å²) in [5.41, 5.74) is 3.06. The summed E-state index contributed by atoms with van der Waals surface area (Å²) in [6.45, 7) is 4.31. The Kier molecular flexibility index (Phi) is 4.92. The van der Waals surface area contributed by atoms with Gasteiger partial charge < -0.3 is 14.7 Å². The molecule has 5 heteroatoms. The lowest BCUT2D eigenvalue weighted by Gasteiger charge is -2.19. The number of benzene rings is 1. The van der Waals surface area contributed by atoms with Gasteiger partial charge in [-0.2, -0.15) is 0 Å². The molecular weight excluding hydrogens is 246 g/mol. The van der Waals surface area contributed by atoms with Gasteiger partial charge in [0, 0.05) is 13.6 Å². The smallest absolute Gasteiger partial charge is 0.312 e. The number of rotatable bonds is 5. The van der Waals surface area contributed by atoms with Crippen LogP contribution in [0.4, 0.5) is 0 Å². The molecule has 1 amide bonds. The molecular formula is C14H19NO4. The number of amides is 1. The highest BCUT2D eigenvalue weighted by Crippen LogP contribution is 2.24. The molecule has 1 rings (SSSR count). The van der Waals surface area contributed by atoms with E-state index >= 15 is 0 Å². The number of carboxylic acid groups (broad SMARTS) is 1. The van der Waals surface area contributed by atoms with Crippen molar-refractivity contribution in [2.24, 2.45) is 0 Å². The van der Waals surface area contributed by atoms with Crippen LogP contribution >= 0.6 is 0 Å². The monoisotopic (exact) mass is 265 g/mol. The first-order valence-electron chi connectivity index (χ1n) is 5.95. The van der Waals surface area contributed by atoms with E-state index < -0.39 is 18.3 Å². The maximum atomic E-state index is 11.6. The van der Waals surface area contributed by atoms with Crippen molar-refractivity contribution in [2.45, 2.75) is 26.8 Å². The minimum absolute atomic E-state index is 0.392. The van der Waals surface area contributed by atoms with Crippen molar-refractivity contribution in [1.82, 2.24) is 4.90 Å². The molecule has 1 aromatic carbocycles. The highest BCUT2D eigenvalue weighted by atomic mass is 16.5. The van der Waals surface area contributed by atoms with Gasteiger partial charge in [-0.3, -0.25) is 9.59 Å². The second-order valence-electron chi connectivity index (χ2n) is 4.50. The third-order valence-corrected chi connectivity index (χ3v) is 3.21. The van der Waals surface area contributed by atoms with Crippen LogP contribution in [0.15, 0.2) is 12.1 Å². The van der Waals surface area contributed by atoms with Gasteiger partial charge in [0.15, 0.2) is 0 Å². The summed E-state index contributed by atoms with van der Waals surface area (Å²) in [7, 11) is 3.22. The summed E-state index contributed by atoms with van der Waals surface area (Å²) >= 11 is 0. The van der Waals surface area contributed by atoms with E-state index in [0.29, 0.717) is 6.54 Å². The van der Waals surface area contributed by atoms with Crippen molar-refractivity contribution in [3.8, 4) is 5.75 Å². The van der Waals surface area contributed by atoms with E-state index in [2.05, 4.69) is 0 Å². The van der Waals surface area contributed by atoms with Crippen LogP contribution < -0.4 is 4.74 Å². The van der Waals surface area contributed by atoms with E-state index in [-0.39, 0.29) is 0 Å². The Bertz CT molecular complexity index is 496. The summed E-state index contributed by atoms with van der Waals surface area (Å²) in [4.78, 5) is 23.5. The summed E-state index contributed by atoms with van der Waals surface area (Å²) in [6.07, 6.45) is -0.481. The van der Waals surface area contributed by atoms with Crippen molar-refractivity contribution in [3.05, 3.63) is 28.8 Å². The molecule has 19 heavy (non-hydrogen) atoms. The number of aliphatic carboxylic acids is 1. The van der Waals surface area contributed by atoms with E-state index in [0.717, 1.165) is 22.4 Å². The van der Waals surface area contributed by atoms with Crippen LogP contribution in [-0.4, -0.2) is 36.0 Å². The lowest BCUT2D eigenvalue weighted by molar-refractivity contribution is -0.143. The third-order valence-electron chi connectivity index (χ3n) is 3.21. The fourth-order valence-corrected chi connectivity index (χ4v) is 1.85. The molecule has 0 aliphatic rings. The van der Waals surface area contributed by atoms with Gasteiger partial charge in [0.1, 0.15) is 12.2 Å². The molecule has 0 saturated heterocycles. The molecule has 104 valence electrons. The molecule has 0 fully saturated rings. The molecule has 0 aromatic heterocycles. The van der Waals surface area contributed by atoms with Gasteiger partial charge in [0.05, 0.1) is 7.11 Å². The number of carbonyl (C=O) groups is 2. The van der Waals surface area contributed by atoms with E-state index in [1.807, 2.05) is 26.0 Å². The summed E-state index contributed by atoms with van der Waals surface area (Å²) in [5, 5.41) is 8.60. The zero-order valence-corrected chi connectivity index (χ0v) is 11.7. The summed E-state index contributed by atoms with van der Waals surface area (Å²) in [5.74, 6) is -0.708. The van der Waals surface area contributed by atoms with Gasteiger partial charge in [-0.15, -0.1) is 0 Å². The zero-order valence-electron chi connectivity index (χ0n) is 11.7. The average molecular weight is 265 g/mol. The minimum Gasteiger partial charge on any atom is -0.496 e. The SMILES string of the molecule is COc1ccc(CN(C)C(=O)CC(=O)O)c(C)c1C. The maximum Gasteiger partial charge on any atom is 0.312 e. The van der Waals surface area contributed by atoms with Crippen molar-refractivity contribution < 1.29 is 19.4 Å². The molecule has 1 aromatic rings. The van der Waals surface area contributed by atoms with E-state index in [9.17, 15) is 9.59 Å². The lowest BCUT2D eigenvalue weighted by Crippen LogP contribution is -2.28. The fourth-order valence-electron chi connectivity index (χ4n) is 1.85. The Hall–Kier alpha value is -2.04. The molecule has 0 unspecified atom stereocenters. The van der Waals surface area contributed by atoms with Gasteiger partial charge in [-0.05, 0) is 36.6 Å². The normalized spacial score (nSPS) is 10.1. The van der Waals surface area contributed by atoms with Crippen LogP contribution in [0.25, 0.3) is 0 Å². The molecule has 0 saturated carbocycles. The summed E-state index contributed by atoms with van der Waals surface area (Å²) < 4.78 is 5.23. The Labute approximate surface area is 112 Å². The van der Waals surface area contributed by atoms with E-state index in [4.69, 9.17) is 9.84 Å². The van der Waals surface area contributed by atoms with Gasteiger partial charge >= 0.3 is 5.97 Å². The quantitative estimate of drug-likeness (QED) is 0.824. The number of nitrogens with zero attached hydrogens (tertiary/aromatic N) is 1. The van der Waals surface area contributed by atoms with Crippen LogP contribution in [0, 0.1) is 13.8 Å².